The Hall–Kier alpha value is -4.52. The van der Waals surface area contributed by atoms with Crippen LogP contribution < -0.4 is 4.74 Å². The predicted octanol–water partition coefficient (Wildman–Crippen LogP) is 6.39. The summed E-state index contributed by atoms with van der Waals surface area (Å²) in [7, 11) is 0. The number of halogens is 1. The summed E-state index contributed by atoms with van der Waals surface area (Å²) < 4.78 is 20.6. The van der Waals surface area contributed by atoms with Crippen LogP contribution in [0.5, 0.6) is 11.5 Å². The molecule has 0 unspecified atom stereocenters. The van der Waals surface area contributed by atoms with Crippen molar-refractivity contribution in [3.05, 3.63) is 107 Å². The first-order chi connectivity index (χ1) is 16.9. The largest absolute Gasteiger partial charge is 0.478 e. The molecule has 2 heterocycles. The second kappa shape index (κ2) is 9.02. The summed E-state index contributed by atoms with van der Waals surface area (Å²) in [6, 6.07) is 22.7. The minimum absolute atomic E-state index is 0.178. The van der Waals surface area contributed by atoms with Gasteiger partial charge in [-0.25, -0.2) is 18.9 Å². The molecule has 0 amide bonds. The Morgan fingerprint density at radius 2 is 1.57 bits per heavy atom. The number of benzene rings is 3. The Labute approximate surface area is 201 Å². The molecule has 0 aliphatic carbocycles. The monoisotopic (exact) mass is 467 g/mol. The third kappa shape index (κ3) is 4.61. The third-order valence-corrected chi connectivity index (χ3v) is 5.76. The molecule has 2 aromatic heterocycles. The summed E-state index contributed by atoms with van der Waals surface area (Å²) in [5, 5.41) is 15.0. The lowest BCUT2D eigenvalue weighted by atomic mass is 10.0. The average molecular weight is 468 g/mol. The van der Waals surface area contributed by atoms with Gasteiger partial charge in [0.1, 0.15) is 17.3 Å². The molecule has 35 heavy (non-hydrogen) atoms. The van der Waals surface area contributed by atoms with Gasteiger partial charge in [0.15, 0.2) is 5.65 Å². The summed E-state index contributed by atoms with van der Waals surface area (Å²) in [4.78, 5) is 16.9. The molecular weight excluding hydrogens is 445 g/mol. The normalized spacial score (nSPS) is 11.1. The molecule has 0 radical (unpaired) electrons. The van der Waals surface area contributed by atoms with Gasteiger partial charge in [-0.1, -0.05) is 42.0 Å². The highest BCUT2D eigenvalue weighted by Gasteiger charge is 2.20. The van der Waals surface area contributed by atoms with Gasteiger partial charge in [0.05, 0.1) is 28.9 Å². The maximum absolute atomic E-state index is 13.1. The first kappa shape index (κ1) is 22.3. The average Bonchev–Trinajstić information content (AvgIpc) is 3.16. The van der Waals surface area contributed by atoms with E-state index in [9.17, 15) is 14.3 Å². The van der Waals surface area contributed by atoms with Crippen molar-refractivity contribution in [1.82, 2.24) is 14.8 Å². The lowest BCUT2D eigenvalue weighted by molar-refractivity contribution is 0.0699. The Balaban J connectivity index is 1.48. The highest BCUT2D eigenvalue weighted by Crippen LogP contribution is 2.28. The quantitative estimate of drug-likeness (QED) is 0.313. The fourth-order valence-corrected chi connectivity index (χ4v) is 3.98. The van der Waals surface area contributed by atoms with Gasteiger partial charge in [-0.15, -0.1) is 0 Å². The minimum Gasteiger partial charge on any atom is -0.478 e. The molecule has 0 aliphatic heterocycles. The van der Waals surface area contributed by atoms with Crippen molar-refractivity contribution < 1.29 is 19.0 Å². The fraction of sp³-hybridized carbons (Fsp3) is 0.107. The highest BCUT2D eigenvalue weighted by molar-refractivity contribution is 6.04. The second-order valence-corrected chi connectivity index (χ2v) is 8.37. The van der Waals surface area contributed by atoms with Gasteiger partial charge in [-0.05, 0) is 61.9 Å². The number of aromatic nitrogens is 3. The Morgan fingerprint density at radius 3 is 2.20 bits per heavy atom. The van der Waals surface area contributed by atoms with Gasteiger partial charge in [0.2, 0.25) is 0 Å². The number of carboxylic acids is 1. The molecule has 0 bridgehead atoms. The summed E-state index contributed by atoms with van der Waals surface area (Å²) >= 11 is 0. The Bertz CT molecular complexity index is 1520. The van der Waals surface area contributed by atoms with E-state index in [1.54, 1.807) is 29.8 Å². The lowest BCUT2D eigenvalue weighted by Crippen LogP contribution is -2.05. The van der Waals surface area contributed by atoms with E-state index < -0.39 is 5.97 Å². The molecule has 3 aromatic carbocycles. The number of carbonyl (C=O) groups is 1. The van der Waals surface area contributed by atoms with Crippen LogP contribution in [0.1, 0.15) is 27.2 Å². The van der Waals surface area contributed by atoms with Crippen LogP contribution >= 0.6 is 0 Å². The van der Waals surface area contributed by atoms with E-state index in [4.69, 9.17) is 9.72 Å². The van der Waals surface area contributed by atoms with Crippen molar-refractivity contribution >= 4 is 17.0 Å². The maximum atomic E-state index is 13.1. The SMILES string of the molecule is Cc1ccc(-c2cc(C(=O)O)c3c(C)nn(Cc4ccc(Oc5ccc(F)cc5)cc4)c3n2)cc1. The van der Waals surface area contributed by atoms with Crippen molar-refractivity contribution in [1.29, 1.82) is 0 Å². The Morgan fingerprint density at radius 1 is 0.943 bits per heavy atom. The zero-order chi connectivity index (χ0) is 24.5. The van der Waals surface area contributed by atoms with Gasteiger partial charge in [0, 0.05) is 5.56 Å². The van der Waals surface area contributed by atoms with Gasteiger partial charge in [0.25, 0.3) is 0 Å². The zero-order valence-electron chi connectivity index (χ0n) is 19.2. The zero-order valence-corrected chi connectivity index (χ0v) is 19.2. The van der Waals surface area contributed by atoms with E-state index in [-0.39, 0.29) is 11.4 Å². The summed E-state index contributed by atoms with van der Waals surface area (Å²) in [5.74, 6) is -0.174. The van der Waals surface area contributed by atoms with Crippen LogP contribution in [0.3, 0.4) is 0 Å². The third-order valence-electron chi connectivity index (χ3n) is 5.76. The van der Waals surface area contributed by atoms with E-state index in [0.717, 1.165) is 16.7 Å². The number of aryl methyl sites for hydroxylation is 2. The molecule has 0 aliphatic rings. The van der Waals surface area contributed by atoms with Crippen LogP contribution in [0.25, 0.3) is 22.3 Å². The Kier molecular flexibility index (Phi) is 5.74. The van der Waals surface area contributed by atoms with Crippen LogP contribution in [0.2, 0.25) is 0 Å². The minimum atomic E-state index is -1.02. The van der Waals surface area contributed by atoms with Crippen LogP contribution in [-0.2, 0) is 6.54 Å². The van der Waals surface area contributed by atoms with Crippen molar-refractivity contribution in [3.8, 4) is 22.8 Å². The van der Waals surface area contributed by atoms with E-state index >= 15 is 0 Å². The molecule has 6 nitrogen and oxygen atoms in total. The number of carboxylic acid groups (broad SMARTS) is 1. The molecule has 0 fully saturated rings. The maximum Gasteiger partial charge on any atom is 0.336 e. The van der Waals surface area contributed by atoms with Crippen LogP contribution in [0.4, 0.5) is 4.39 Å². The first-order valence-electron chi connectivity index (χ1n) is 11.1. The number of ether oxygens (including phenoxy) is 1. The second-order valence-electron chi connectivity index (χ2n) is 8.37. The van der Waals surface area contributed by atoms with Gasteiger partial charge in [-0.3, -0.25) is 0 Å². The highest BCUT2D eigenvalue weighted by atomic mass is 19.1. The van der Waals surface area contributed by atoms with Crippen molar-refractivity contribution in [2.24, 2.45) is 0 Å². The molecule has 7 heteroatoms. The molecule has 174 valence electrons. The number of hydrogen-bond donors (Lipinski definition) is 1. The molecule has 0 spiro atoms. The lowest BCUT2D eigenvalue weighted by Gasteiger charge is -2.09. The van der Waals surface area contributed by atoms with Crippen LogP contribution in [0.15, 0.2) is 78.9 Å². The van der Waals surface area contributed by atoms with Gasteiger partial charge >= 0.3 is 5.97 Å². The van der Waals surface area contributed by atoms with Crippen LogP contribution in [0, 0.1) is 19.7 Å². The number of aromatic carboxylic acids is 1. The van der Waals surface area contributed by atoms with E-state index in [0.29, 0.717) is 40.5 Å². The number of pyridine rings is 1. The summed E-state index contributed by atoms with van der Waals surface area (Å²) in [6.45, 7) is 4.19. The molecule has 0 saturated heterocycles. The molecule has 1 N–H and O–H groups in total. The molecular formula is C28H22FN3O3. The molecule has 0 atom stereocenters. The smallest absolute Gasteiger partial charge is 0.336 e. The van der Waals surface area contributed by atoms with Gasteiger partial charge in [-0.2, -0.15) is 5.10 Å². The predicted molar refractivity (Wildman–Crippen MR) is 131 cm³/mol. The first-order valence-corrected chi connectivity index (χ1v) is 11.1. The van der Waals surface area contributed by atoms with Gasteiger partial charge < -0.3 is 9.84 Å². The van der Waals surface area contributed by atoms with E-state index in [1.807, 2.05) is 55.5 Å². The molecule has 5 aromatic rings. The molecule has 5 rings (SSSR count). The summed E-state index contributed by atoms with van der Waals surface area (Å²) in [6.07, 6.45) is 0. The fourth-order valence-electron chi connectivity index (χ4n) is 3.98. The number of rotatable bonds is 6. The van der Waals surface area contributed by atoms with Crippen molar-refractivity contribution in [2.45, 2.75) is 20.4 Å². The number of nitrogens with zero attached hydrogens (tertiary/aromatic N) is 3. The number of fused-ring (bicyclic) bond motifs is 1. The van der Waals surface area contributed by atoms with E-state index in [2.05, 4.69) is 5.10 Å². The summed E-state index contributed by atoms with van der Waals surface area (Å²) in [5.41, 5.74) is 4.78. The van der Waals surface area contributed by atoms with Crippen molar-refractivity contribution in [3.63, 3.8) is 0 Å². The standard InChI is InChI=1S/C28H22FN3O3/c1-17-3-7-20(8-4-17)25-15-24(28(33)34)26-18(2)31-32(27(26)30-25)16-19-5-11-22(12-6-19)35-23-13-9-21(29)10-14-23/h3-15H,16H2,1-2H3,(H,33,34). The van der Waals surface area contributed by atoms with E-state index in [1.165, 1.54) is 12.1 Å². The molecule has 0 saturated carbocycles. The topological polar surface area (TPSA) is 77.2 Å². The van der Waals surface area contributed by atoms with Crippen molar-refractivity contribution in [2.75, 3.05) is 0 Å². The van der Waals surface area contributed by atoms with Crippen LogP contribution in [-0.4, -0.2) is 25.8 Å². The number of hydrogen-bond acceptors (Lipinski definition) is 4.